The van der Waals surface area contributed by atoms with E-state index < -0.39 is 10.7 Å². The van der Waals surface area contributed by atoms with Crippen LogP contribution in [0.4, 0.5) is 10.1 Å². The number of hydrogen-bond acceptors (Lipinski definition) is 3. The van der Waals surface area contributed by atoms with Gasteiger partial charge in [0.2, 0.25) is 0 Å². The van der Waals surface area contributed by atoms with Crippen molar-refractivity contribution >= 4 is 18.3 Å². The van der Waals surface area contributed by atoms with Crippen LogP contribution in [0, 0.1) is 22.9 Å². The molecule has 0 unspecified atom stereocenters. The van der Waals surface area contributed by atoms with Gasteiger partial charge in [0, 0.05) is 11.0 Å². The number of nitro groups is 1. The maximum atomic E-state index is 13.0. The van der Waals surface area contributed by atoms with Gasteiger partial charge in [-0.3, -0.25) is 10.1 Å². The summed E-state index contributed by atoms with van der Waals surface area (Å²) in [6.45, 7) is 1.35. The van der Waals surface area contributed by atoms with E-state index in [-0.39, 0.29) is 16.1 Å². The monoisotopic (exact) mass is 187 g/mol. The molecule has 5 heteroatoms. The molecular formula is C7H6FNO2S. The van der Waals surface area contributed by atoms with Gasteiger partial charge in [-0.25, -0.2) is 4.39 Å². The standard InChI is InChI=1S/C7H6FNO2S/c1-4-5(9(10)11)2-3-6(12)7(4)8/h2-3,12H,1H3. The lowest BCUT2D eigenvalue weighted by atomic mass is 10.2. The van der Waals surface area contributed by atoms with Crippen molar-refractivity contribution in [1.82, 2.24) is 0 Å². The van der Waals surface area contributed by atoms with E-state index in [1.54, 1.807) is 0 Å². The molecule has 64 valence electrons. The first-order chi connectivity index (χ1) is 5.54. The summed E-state index contributed by atoms with van der Waals surface area (Å²) in [5, 5.41) is 10.3. The largest absolute Gasteiger partial charge is 0.275 e. The number of thiol groups is 1. The second kappa shape index (κ2) is 3.10. The van der Waals surface area contributed by atoms with Crippen LogP contribution in [0.1, 0.15) is 5.56 Å². The summed E-state index contributed by atoms with van der Waals surface area (Å²) in [6, 6.07) is 2.50. The van der Waals surface area contributed by atoms with Gasteiger partial charge in [0.05, 0.1) is 10.5 Å². The molecule has 0 saturated heterocycles. The molecule has 0 radical (unpaired) electrons. The van der Waals surface area contributed by atoms with Gasteiger partial charge in [0.1, 0.15) is 5.82 Å². The van der Waals surface area contributed by atoms with E-state index in [9.17, 15) is 14.5 Å². The van der Waals surface area contributed by atoms with Crippen LogP contribution in [0.15, 0.2) is 17.0 Å². The molecule has 1 aromatic rings. The van der Waals surface area contributed by atoms with E-state index in [4.69, 9.17) is 0 Å². The van der Waals surface area contributed by atoms with Gasteiger partial charge in [-0.1, -0.05) is 0 Å². The number of hydrogen-bond donors (Lipinski definition) is 1. The Kier molecular flexibility index (Phi) is 2.32. The molecule has 0 aromatic heterocycles. The summed E-state index contributed by atoms with van der Waals surface area (Å²) in [7, 11) is 0. The van der Waals surface area contributed by atoms with Gasteiger partial charge < -0.3 is 0 Å². The Morgan fingerprint density at radius 3 is 2.67 bits per heavy atom. The van der Waals surface area contributed by atoms with Crippen molar-refractivity contribution in [2.75, 3.05) is 0 Å². The van der Waals surface area contributed by atoms with Crippen LogP contribution >= 0.6 is 12.6 Å². The first-order valence-electron chi connectivity index (χ1n) is 3.16. The highest BCUT2D eigenvalue weighted by molar-refractivity contribution is 7.80. The van der Waals surface area contributed by atoms with Crippen LogP contribution in [-0.4, -0.2) is 4.92 Å². The van der Waals surface area contributed by atoms with E-state index in [1.165, 1.54) is 19.1 Å². The van der Waals surface area contributed by atoms with Crippen LogP contribution in [0.2, 0.25) is 0 Å². The van der Waals surface area contributed by atoms with Crippen molar-refractivity contribution in [3.8, 4) is 0 Å². The Bertz CT molecular complexity index is 340. The molecule has 1 rings (SSSR count). The summed E-state index contributed by atoms with van der Waals surface area (Å²) >= 11 is 3.79. The zero-order chi connectivity index (χ0) is 9.30. The predicted octanol–water partition coefficient (Wildman–Crippen LogP) is 2.33. The smallest absolute Gasteiger partial charge is 0.258 e. The predicted molar refractivity (Wildman–Crippen MR) is 45.0 cm³/mol. The third kappa shape index (κ3) is 1.40. The number of benzene rings is 1. The summed E-state index contributed by atoms with van der Waals surface area (Å²) in [5.41, 5.74) is -0.196. The molecule has 0 aliphatic carbocycles. The molecule has 1 aromatic carbocycles. The third-order valence-electron chi connectivity index (χ3n) is 1.53. The Balaban J connectivity index is 3.36. The van der Waals surface area contributed by atoms with Crippen LogP contribution < -0.4 is 0 Å². The van der Waals surface area contributed by atoms with Gasteiger partial charge in [-0.05, 0) is 13.0 Å². The van der Waals surface area contributed by atoms with Crippen LogP contribution in [0.5, 0.6) is 0 Å². The fourth-order valence-corrected chi connectivity index (χ4v) is 1.10. The molecule has 0 saturated carbocycles. The molecule has 0 N–H and O–H groups in total. The Morgan fingerprint density at radius 1 is 1.58 bits per heavy atom. The average molecular weight is 187 g/mol. The lowest BCUT2D eigenvalue weighted by Gasteiger charge is -1.99. The molecule has 0 fully saturated rings. The van der Waals surface area contributed by atoms with E-state index >= 15 is 0 Å². The minimum absolute atomic E-state index is 0.0208. The summed E-state index contributed by atoms with van der Waals surface area (Å²) in [4.78, 5) is 9.80. The number of nitro benzene ring substituents is 1. The van der Waals surface area contributed by atoms with E-state index in [1.807, 2.05) is 0 Å². The molecule has 3 nitrogen and oxygen atoms in total. The second-order valence-electron chi connectivity index (χ2n) is 2.30. The van der Waals surface area contributed by atoms with Crippen LogP contribution in [0.25, 0.3) is 0 Å². The van der Waals surface area contributed by atoms with Crippen molar-refractivity contribution in [3.63, 3.8) is 0 Å². The van der Waals surface area contributed by atoms with Gasteiger partial charge in [0.25, 0.3) is 5.69 Å². The van der Waals surface area contributed by atoms with Crippen molar-refractivity contribution < 1.29 is 9.31 Å². The Morgan fingerprint density at radius 2 is 2.17 bits per heavy atom. The number of halogens is 1. The van der Waals surface area contributed by atoms with Crippen molar-refractivity contribution in [1.29, 1.82) is 0 Å². The van der Waals surface area contributed by atoms with E-state index in [0.717, 1.165) is 0 Å². The normalized spacial score (nSPS) is 9.92. The first-order valence-corrected chi connectivity index (χ1v) is 3.61. The third-order valence-corrected chi connectivity index (χ3v) is 1.88. The quantitative estimate of drug-likeness (QED) is 0.416. The average Bonchev–Trinajstić information content (AvgIpc) is 2.00. The molecular weight excluding hydrogens is 181 g/mol. The maximum absolute atomic E-state index is 13.0. The molecule has 0 bridgehead atoms. The van der Waals surface area contributed by atoms with Crippen LogP contribution in [0.3, 0.4) is 0 Å². The zero-order valence-corrected chi connectivity index (χ0v) is 7.14. The minimum atomic E-state index is -0.632. The molecule has 0 aliphatic rings. The molecule has 0 spiro atoms. The highest BCUT2D eigenvalue weighted by Gasteiger charge is 2.15. The summed E-state index contributed by atoms with van der Waals surface area (Å²) < 4.78 is 13.0. The van der Waals surface area contributed by atoms with Gasteiger partial charge in [0.15, 0.2) is 0 Å². The van der Waals surface area contributed by atoms with Gasteiger partial charge in [-0.2, -0.15) is 0 Å². The lowest BCUT2D eigenvalue weighted by molar-refractivity contribution is -0.385. The number of rotatable bonds is 1. The second-order valence-corrected chi connectivity index (χ2v) is 2.78. The molecule has 12 heavy (non-hydrogen) atoms. The highest BCUT2D eigenvalue weighted by atomic mass is 32.1. The fraction of sp³-hybridized carbons (Fsp3) is 0.143. The maximum Gasteiger partial charge on any atom is 0.275 e. The topological polar surface area (TPSA) is 43.1 Å². The summed E-state index contributed by atoms with van der Waals surface area (Å²) in [5.74, 6) is -0.632. The molecule has 0 aliphatic heterocycles. The molecule has 0 atom stereocenters. The first kappa shape index (κ1) is 8.99. The van der Waals surface area contributed by atoms with Gasteiger partial charge >= 0.3 is 0 Å². The highest BCUT2D eigenvalue weighted by Crippen LogP contribution is 2.24. The van der Waals surface area contributed by atoms with Crippen LogP contribution in [-0.2, 0) is 0 Å². The zero-order valence-electron chi connectivity index (χ0n) is 6.24. The Labute approximate surface area is 73.8 Å². The van der Waals surface area contributed by atoms with Crippen molar-refractivity contribution in [3.05, 3.63) is 33.6 Å². The van der Waals surface area contributed by atoms with E-state index in [0.29, 0.717) is 0 Å². The SMILES string of the molecule is Cc1c([N+](=O)[O-])ccc(S)c1F. The Hall–Kier alpha value is -1.10. The molecule has 0 amide bonds. The van der Waals surface area contributed by atoms with Crippen molar-refractivity contribution in [2.45, 2.75) is 11.8 Å². The van der Waals surface area contributed by atoms with E-state index in [2.05, 4.69) is 12.6 Å². The minimum Gasteiger partial charge on any atom is -0.258 e. The summed E-state index contributed by atoms with van der Waals surface area (Å²) in [6.07, 6.45) is 0. The van der Waals surface area contributed by atoms with Crippen molar-refractivity contribution in [2.24, 2.45) is 0 Å². The molecule has 0 heterocycles. The fourth-order valence-electron chi connectivity index (χ4n) is 0.858. The lowest BCUT2D eigenvalue weighted by Crippen LogP contribution is -1.94. The number of nitrogens with zero attached hydrogens (tertiary/aromatic N) is 1. The van der Waals surface area contributed by atoms with Gasteiger partial charge in [-0.15, -0.1) is 12.6 Å².